The molecule has 1 aromatic heterocycles. The molecule has 174 valence electrons. The summed E-state index contributed by atoms with van der Waals surface area (Å²) in [6.07, 6.45) is 1.49. The SMILES string of the molecule is O=C(Nc1ccc(S(=O)(=O)Nc2nccs2)cc1)c1cccc(NS(=O)(=O)c2ccccc2)c1. The summed E-state index contributed by atoms with van der Waals surface area (Å²) in [5.74, 6) is -0.489. The van der Waals surface area contributed by atoms with Crippen LogP contribution in [0.15, 0.2) is 100 Å². The molecule has 0 atom stereocenters. The van der Waals surface area contributed by atoms with Gasteiger partial charge in [0.1, 0.15) is 0 Å². The first kappa shape index (κ1) is 23.4. The lowest BCUT2D eigenvalue weighted by Gasteiger charge is -2.10. The van der Waals surface area contributed by atoms with Crippen molar-refractivity contribution in [3.63, 3.8) is 0 Å². The summed E-state index contributed by atoms with van der Waals surface area (Å²) in [5.41, 5.74) is 0.815. The molecule has 0 aliphatic heterocycles. The minimum Gasteiger partial charge on any atom is -0.322 e. The first-order chi connectivity index (χ1) is 16.2. The first-order valence-electron chi connectivity index (χ1n) is 9.75. The van der Waals surface area contributed by atoms with E-state index in [2.05, 4.69) is 19.7 Å². The zero-order valence-electron chi connectivity index (χ0n) is 17.4. The molecular formula is C22H18N4O5S3. The molecular weight excluding hydrogens is 496 g/mol. The summed E-state index contributed by atoms with van der Waals surface area (Å²) in [6, 6.07) is 19.5. The number of hydrogen-bond acceptors (Lipinski definition) is 7. The lowest BCUT2D eigenvalue weighted by atomic mass is 10.2. The highest BCUT2D eigenvalue weighted by Gasteiger charge is 2.17. The van der Waals surface area contributed by atoms with E-state index in [0.29, 0.717) is 5.69 Å². The number of anilines is 3. The number of nitrogens with zero attached hydrogens (tertiary/aromatic N) is 1. The highest BCUT2D eigenvalue weighted by Crippen LogP contribution is 2.21. The van der Waals surface area contributed by atoms with Crippen LogP contribution >= 0.6 is 11.3 Å². The minimum atomic E-state index is -3.81. The zero-order chi connectivity index (χ0) is 24.2. The number of amides is 1. The topological polar surface area (TPSA) is 134 Å². The van der Waals surface area contributed by atoms with Gasteiger partial charge in [-0.1, -0.05) is 24.3 Å². The number of aromatic nitrogens is 1. The van der Waals surface area contributed by atoms with Crippen molar-refractivity contribution in [3.8, 4) is 0 Å². The maximum Gasteiger partial charge on any atom is 0.263 e. The molecule has 0 saturated carbocycles. The van der Waals surface area contributed by atoms with Crippen LogP contribution in [-0.4, -0.2) is 27.7 Å². The predicted octanol–water partition coefficient (Wildman–Crippen LogP) is 4.00. The van der Waals surface area contributed by atoms with Gasteiger partial charge in [-0.15, -0.1) is 11.3 Å². The number of carbonyl (C=O) groups is 1. The number of rotatable bonds is 8. The lowest BCUT2D eigenvalue weighted by molar-refractivity contribution is 0.102. The molecule has 0 saturated heterocycles. The molecule has 4 rings (SSSR count). The van der Waals surface area contributed by atoms with E-state index < -0.39 is 26.0 Å². The average Bonchev–Trinajstić information content (AvgIpc) is 3.32. The van der Waals surface area contributed by atoms with Crippen LogP contribution in [0.1, 0.15) is 10.4 Å². The van der Waals surface area contributed by atoms with Crippen molar-refractivity contribution in [2.24, 2.45) is 0 Å². The van der Waals surface area contributed by atoms with Crippen LogP contribution in [0.25, 0.3) is 0 Å². The minimum absolute atomic E-state index is 0.0121. The van der Waals surface area contributed by atoms with Gasteiger partial charge in [-0.3, -0.25) is 14.2 Å². The number of nitrogens with one attached hydrogen (secondary N) is 3. The third-order valence-corrected chi connectivity index (χ3v) is 8.08. The van der Waals surface area contributed by atoms with Gasteiger partial charge in [-0.05, 0) is 54.6 Å². The predicted molar refractivity (Wildman–Crippen MR) is 131 cm³/mol. The Labute approximate surface area is 200 Å². The van der Waals surface area contributed by atoms with E-state index in [1.807, 2.05) is 0 Å². The Morgan fingerprint density at radius 2 is 1.41 bits per heavy atom. The fourth-order valence-electron chi connectivity index (χ4n) is 2.91. The van der Waals surface area contributed by atoms with Crippen LogP contribution in [0.5, 0.6) is 0 Å². The van der Waals surface area contributed by atoms with Gasteiger partial charge in [-0.2, -0.15) is 0 Å². The van der Waals surface area contributed by atoms with Crippen molar-refractivity contribution in [3.05, 3.63) is 96.0 Å². The van der Waals surface area contributed by atoms with Gasteiger partial charge in [0.15, 0.2) is 5.13 Å². The van der Waals surface area contributed by atoms with E-state index in [-0.39, 0.29) is 26.2 Å². The van der Waals surface area contributed by atoms with Gasteiger partial charge in [0.25, 0.3) is 26.0 Å². The summed E-state index contributed by atoms with van der Waals surface area (Å²) >= 11 is 1.16. The third kappa shape index (κ3) is 5.60. The third-order valence-electron chi connectivity index (χ3n) is 4.51. The largest absolute Gasteiger partial charge is 0.322 e. The molecule has 0 aliphatic rings. The van der Waals surface area contributed by atoms with E-state index in [4.69, 9.17) is 0 Å². The summed E-state index contributed by atoms with van der Waals surface area (Å²) < 4.78 is 54.7. The highest BCUT2D eigenvalue weighted by molar-refractivity contribution is 7.93. The van der Waals surface area contributed by atoms with E-state index >= 15 is 0 Å². The van der Waals surface area contributed by atoms with Gasteiger partial charge < -0.3 is 5.32 Å². The van der Waals surface area contributed by atoms with Crippen LogP contribution < -0.4 is 14.8 Å². The number of sulfonamides is 2. The van der Waals surface area contributed by atoms with Crippen molar-refractivity contribution in [2.45, 2.75) is 9.79 Å². The van der Waals surface area contributed by atoms with Crippen LogP contribution in [0, 0.1) is 0 Å². The summed E-state index contributed by atoms with van der Waals surface area (Å²) in [6.45, 7) is 0. The Hall–Kier alpha value is -3.74. The van der Waals surface area contributed by atoms with E-state index in [1.165, 1.54) is 60.8 Å². The molecule has 0 fully saturated rings. The average molecular weight is 515 g/mol. The van der Waals surface area contributed by atoms with Crippen LogP contribution in [0.2, 0.25) is 0 Å². The molecule has 9 nitrogen and oxygen atoms in total. The number of carbonyl (C=O) groups excluding carboxylic acids is 1. The van der Waals surface area contributed by atoms with E-state index in [9.17, 15) is 21.6 Å². The molecule has 0 aliphatic carbocycles. The van der Waals surface area contributed by atoms with Gasteiger partial charge >= 0.3 is 0 Å². The monoisotopic (exact) mass is 514 g/mol. The highest BCUT2D eigenvalue weighted by atomic mass is 32.2. The molecule has 3 N–H and O–H groups in total. The van der Waals surface area contributed by atoms with Crippen LogP contribution in [0.3, 0.4) is 0 Å². The molecule has 0 radical (unpaired) electrons. The van der Waals surface area contributed by atoms with Crippen molar-refractivity contribution in [1.29, 1.82) is 0 Å². The lowest BCUT2D eigenvalue weighted by Crippen LogP contribution is -2.15. The molecule has 1 amide bonds. The Balaban J connectivity index is 1.45. The normalized spacial score (nSPS) is 11.5. The molecule has 4 aromatic rings. The summed E-state index contributed by atoms with van der Waals surface area (Å²) in [4.78, 5) is 16.7. The Kier molecular flexibility index (Phi) is 6.63. The van der Waals surface area contributed by atoms with Crippen molar-refractivity contribution >= 4 is 53.8 Å². The molecule has 1 heterocycles. The fraction of sp³-hybridized carbons (Fsp3) is 0. The van der Waals surface area contributed by atoms with Gasteiger partial charge in [0.05, 0.1) is 9.79 Å². The Morgan fingerprint density at radius 3 is 2.09 bits per heavy atom. The standard InChI is InChI=1S/C22H18N4O5S3/c27-21(16-5-4-6-18(15-16)25-33(28,29)19-7-2-1-3-8-19)24-17-9-11-20(12-10-17)34(30,31)26-22-23-13-14-32-22/h1-15,25H,(H,23,26)(H,24,27). The van der Waals surface area contributed by atoms with E-state index in [0.717, 1.165) is 11.3 Å². The van der Waals surface area contributed by atoms with Crippen molar-refractivity contribution < 1.29 is 21.6 Å². The fourth-order valence-corrected chi connectivity index (χ4v) is 5.77. The van der Waals surface area contributed by atoms with Crippen LogP contribution in [-0.2, 0) is 20.0 Å². The Bertz CT molecular complexity index is 1500. The van der Waals surface area contributed by atoms with Crippen molar-refractivity contribution in [2.75, 3.05) is 14.8 Å². The number of thiazole rings is 1. The molecule has 0 bridgehead atoms. The number of hydrogen-bond donors (Lipinski definition) is 3. The quantitative estimate of drug-likeness (QED) is 0.325. The van der Waals surface area contributed by atoms with Gasteiger partial charge in [-0.25, -0.2) is 21.8 Å². The second-order valence-corrected chi connectivity index (χ2v) is 11.2. The molecule has 34 heavy (non-hydrogen) atoms. The van der Waals surface area contributed by atoms with Crippen LogP contribution in [0.4, 0.5) is 16.5 Å². The molecule has 0 spiro atoms. The Morgan fingerprint density at radius 1 is 0.735 bits per heavy atom. The summed E-state index contributed by atoms with van der Waals surface area (Å²) in [7, 11) is -7.61. The zero-order valence-corrected chi connectivity index (χ0v) is 19.8. The van der Waals surface area contributed by atoms with Gasteiger partial charge in [0.2, 0.25) is 0 Å². The first-order valence-corrected chi connectivity index (χ1v) is 13.6. The summed E-state index contributed by atoms with van der Waals surface area (Å²) in [5, 5.41) is 4.56. The smallest absolute Gasteiger partial charge is 0.263 e. The molecule has 12 heteroatoms. The number of benzene rings is 3. The molecule has 0 unspecified atom stereocenters. The maximum absolute atomic E-state index is 12.7. The van der Waals surface area contributed by atoms with E-state index in [1.54, 1.807) is 29.6 Å². The maximum atomic E-state index is 12.7. The molecule has 3 aromatic carbocycles. The second kappa shape index (κ2) is 9.63. The van der Waals surface area contributed by atoms with Gasteiger partial charge in [0, 0.05) is 28.5 Å². The van der Waals surface area contributed by atoms with Crippen molar-refractivity contribution in [1.82, 2.24) is 4.98 Å². The second-order valence-electron chi connectivity index (χ2n) is 6.92.